The Labute approximate surface area is 108 Å². The Morgan fingerprint density at radius 2 is 2.29 bits per heavy atom. The third kappa shape index (κ3) is 2.82. The Hall–Kier alpha value is -1.43. The van der Waals surface area contributed by atoms with Crippen LogP contribution in [0, 0.1) is 6.92 Å². The Bertz CT molecular complexity index is 508. The number of pyridine rings is 1. The maximum Gasteiger partial charge on any atom is 0.140 e. The number of aromatic nitrogens is 4. The van der Waals surface area contributed by atoms with Crippen molar-refractivity contribution in [1.82, 2.24) is 19.7 Å². The van der Waals surface area contributed by atoms with E-state index in [-0.39, 0.29) is 0 Å². The normalized spacial score (nSPS) is 10.5. The van der Waals surface area contributed by atoms with Crippen LogP contribution in [0.2, 0.25) is 0 Å². The van der Waals surface area contributed by atoms with Crippen LogP contribution < -0.4 is 5.32 Å². The van der Waals surface area contributed by atoms with E-state index in [2.05, 4.69) is 36.4 Å². The van der Waals surface area contributed by atoms with Gasteiger partial charge in [-0.05, 0) is 34.5 Å². The Balaban J connectivity index is 1.95. The molecule has 17 heavy (non-hydrogen) atoms. The van der Waals surface area contributed by atoms with E-state index in [1.54, 1.807) is 12.5 Å². The zero-order valence-electron chi connectivity index (χ0n) is 9.81. The zero-order chi connectivity index (χ0) is 12.3. The number of nitrogens with one attached hydrogen (secondary N) is 1. The van der Waals surface area contributed by atoms with Gasteiger partial charge >= 0.3 is 0 Å². The molecule has 0 saturated heterocycles. The third-order valence-electron chi connectivity index (χ3n) is 2.53. The van der Waals surface area contributed by atoms with Gasteiger partial charge in [-0.1, -0.05) is 0 Å². The fourth-order valence-corrected chi connectivity index (χ4v) is 1.86. The largest absolute Gasteiger partial charge is 0.369 e. The Morgan fingerprint density at radius 1 is 1.47 bits per heavy atom. The van der Waals surface area contributed by atoms with E-state index in [0.29, 0.717) is 0 Å². The summed E-state index contributed by atoms with van der Waals surface area (Å²) in [5.74, 6) is 1.83. The van der Waals surface area contributed by atoms with Gasteiger partial charge < -0.3 is 9.88 Å². The van der Waals surface area contributed by atoms with Gasteiger partial charge in [0.05, 0.1) is 4.47 Å². The summed E-state index contributed by atoms with van der Waals surface area (Å²) in [5, 5.41) is 11.1. The molecule has 0 fully saturated rings. The van der Waals surface area contributed by atoms with Crippen LogP contribution in [0.25, 0.3) is 0 Å². The van der Waals surface area contributed by atoms with Crippen LogP contribution in [0.1, 0.15) is 11.4 Å². The highest BCUT2D eigenvalue weighted by atomic mass is 79.9. The molecular weight excluding hydrogens is 282 g/mol. The van der Waals surface area contributed by atoms with Crippen molar-refractivity contribution in [3.63, 3.8) is 0 Å². The van der Waals surface area contributed by atoms with E-state index in [0.717, 1.165) is 29.1 Å². The molecule has 0 aliphatic rings. The summed E-state index contributed by atoms with van der Waals surface area (Å²) in [6.45, 7) is 2.82. The summed E-state index contributed by atoms with van der Waals surface area (Å²) in [5.41, 5.74) is 1.17. The summed E-state index contributed by atoms with van der Waals surface area (Å²) in [6.07, 6.45) is 4.32. The first kappa shape index (κ1) is 12.0. The molecule has 0 aliphatic carbocycles. The number of anilines is 1. The lowest BCUT2D eigenvalue weighted by atomic mass is 10.3. The highest BCUT2D eigenvalue weighted by molar-refractivity contribution is 9.10. The molecule has 0 aliphatic heterocycles. The van der Waals surface area contributed by atoms with Gasteiger partial charge in [0.2, 0.25) is 0 Å². The van der Waals surface area contributed by atoms with Gasteiger partial charge in [0, 0.05) is 26.2 Å². The summed E-state index contributed by atoms with van der Waals surface area (Å²) in [7, 11) is 1.94. The molecule has 2 aromatic rings. The van der Waals surface area contributed by atoms with Crippen LogP contribution in [-0.2, 0) is 13.5 Å². The molecule has 2 rings (SSSR count). The predicted molar refractivity (Wildman–Crippen MR) is 69.9 cm³/mol. The first-order chi connectivity index (χ1) is 8.18. The monoisotopic (exact) mass is 295 g/mol. The van der Waals surface area contributed by atoms with Gasteiger partial charge in [0.15, 0.2) is 0 Å². The van der Waals surface area contributed by atoms with E-state index in [4.69, 9.17) is 0 Å². The number of nitrogens with zero attached hydrogens (tertiary/aromatic N) is 4. The second kappa shape index (κ2) is 5.27. The van der Waals surface area contributed by atoms with Crippen LogP contribution >= 0.6 is 15.9 Å². The standard InChI is InChI=1S/C11H14BrN5/c1-8-3-5-13-11(10(8)12)14-6-4-9-16-15-7-17(9)2/h3,5,7H,4,6H2,1-2H3,(H,13,14). The molecule has 90 valence electrons. The van der Waals surface area contributed by atoms with E-state index in [1.807, 2.05) is 24.6 Å². The summed E-state index contributed by atoms with van der Waals surface area (Å²) >= 11 is 3.52. The van der Waals surface area contributed by atoms with Gasteiger partial charge in [-0.15, -0.1) is 10.2 Å². The molecule has 0 spiro atoms. The van der Waals surface area contributed by atoms with Crippen molar-refractivity contribution in [3.8, 4) is 0 Å². The fourth-order valence-electron chi connectivity index (χ4n) is 1.49. The number of hydrogen-bond donors (Lipinski definition) is 1. The van der Waals surface area contributed by atoms with Gasteiger partial charge in [0.1, 0.15) is 18.0 Å². The average Bonchev–Trinajstić information content (AvgIpc) is 2.71. The van der Waals surface area contributed by atoms with Gasteiger partial charge in [-0.3, -0.25) is 0 Å². The molecule has 2 aromatic heterocycles. The maximum atomic E-state index is 4.28. The van der Waals surface area contributed by atoms with Crippen LogP contribution in [0.4, 0.5) is 5.82 Å². The van der Waals surface area contributed by atoms with E-state index in [9.17, 15) is 0 Å². The highest BCUT2D eigenvalue weighted by Gasteiger charge is 2.04. The summed E-state index contributed by atoms with van der Waals surface area (Å²) in [6, 6.07) is 1.97. The molecule has 0 unspecified atom stereocenters. The Kier molecular flexibility index (Phi) is 3.73. The van der Waals surface area contributed by atoms with Crippen molar-refractivity contribution in [2.24, 2.45) is 7.05 Å². The molecule has 0 radical (unpaired) electrons. The number of halogens is 1. The third-order valence-corrected chi connectivity index (χ3v) is 3.53. The molecule has 1 N–H and O–H groups in total. The second-order valence-corrected chi connectivity index (χ2v) is 4.62. The van der Waals surface area contributed by atoms with Crippen LogP contribution in [0.3, 0.4) is 0 Å². The minimum Gasteiger partial charge on any atom is -0.369 e. The molecule has 5 nitrogen and oxygen atoms in total. The van der Waals surface area contributed by atoms with E-state index < -0.39 is 0 Å². The average molecular weight is 296 g/mol. The molecule has 0 bridgehead atoms. The van der Waals surface area contributed by atoms with Crippen molar-refractivity contribution in [1.29, 1.82) is 0 Å². The lowest BCUT2D eigenvalue weighted by molar-refractivity contribution is 0.787. The van der Waals surface area contributed by atoms with Crippen molar-refractivity contribution in [2.75, 3.05) is 11.9 Å². The highest BCUT2D eigenvalue weighted by Crippen LogP contribution is 2.22. The molecule has 0 saturated carbocycles. The first-order valence-electron chi connectivity index (χ1n) is 5.36. The maximum absolute atomic E-state index is 4.28. The molecule has 6 heteroatoms. The minimum atomic E-state index is 0.779. The van der Waals surface area contributed by atoms with E-state index >= 15 is 0 Å². The predicted octanol–water partition coefficient (Wildman–Crippen LogP) is 1.94. The summed E-state index contributed by atoms with van der Waals surface area (Å²) < 4.78 is 2.93. The lowest BCUT2D eigenvalue weighted by Gasteiger charge is -2.08. The number of rotatable bonds is 4. The smallest absolute Gasteiger partial charge is 0.140 e. The molecule has 0 amide bonds. The Morgan fingerprint density at radius 3 is 3.00 bits per heavy atom. The number of hydrogen-bond acceptors (Lipinski definition) is 4. The summed E-state index contributed by atoms with van der Waals surface area (Å²) in [4.78, 5) is 4.28. The minimum absolute atomic E-state index is 0.779. The van der Waals surface area contributed by atoms with E-state index in [1.165, 1.54) is 5.56 Å². The van der Waals surface area contributed by atoms with Gasteiger partial charge in [-0.25, -0.2) is 4.98 Å². The van der Waals surface area contributed by atoms with Crippen molar-refractivity contribution in [3.05, 3.63) is 34.5 Å². The first-order valence-corrected chi connectivity index (χ1v) is 6.15. The number of aryl methyl sites for hydroxylation is 2. The van der Waals surface area contributed by atoms with Crippen molar-refractivity contribution in [2.45, 2.75) is 13.3 Å². The quantitative estimate of drug-likeness (QED) is 0.936. The van der Waals surface area contributed by atoms with Crippen LogP contribution in [0.15, 0.2) is 23.1 Å². The topological polar surface area (TPSA) is 55.6 Å². The van der Waals surface area contributed by atoms with Crippen LogP contribution in [-0.4, -0.2) is 26.3 Å². The lowest BCUT2D eigenvalue weighted by Crippen LogP contribution is -2.10. The molecular formula is C11H14BrN5. The van der Waals surface area contributed by atoms with Crippen LogP contribution in [0.5, 0.6) is 0 Å². The SMILES string of the molecule is Cc1ccnc(NCCc2nncn2C)c1Br. The molecule has 0 atom stereocenters. The van der Waals surface area contributed by atoms with Gasteiger partial charge in [-0.2, -0.15) is 0 Å². The zero-order valence-corrected chi connectivity index (χ0v) is 11.4. The van der Waals surface area contributed by atoms with Gasteiger partial charge in [0.25, 0.3) is 0 Å². The van der Waals surface area contributed by atoms with Crippen molar-refractivity contribution < 1.29 is 0 Å². The second-order valence-electron chi connectivity index (χ2n) is 3.83. The molecule has 0 aromatic carbocycles. The van der Waals surface area contributed by atoms with Crippen molar-refractivity contribution >= 4 is 21.7 Å². The molecule has 2 heterocycles. The fraction of sp³-hybridized carbons (Fsp3) is 0.364.